The first-order chi connectivity index (χ1) is 10.4. The number of sulfonamides is 1. The van der Waals surface area contributed by atoms with E-state index in [0.29, 0.717) is 11.1 Å². The maximum absolute atomic E-state index is 13.6. The van der Waals surface area contributed by atoms with E-state index in [1.54, 1.807) is 12.1 Å². The van der Waals surface area contributed by atoms with Gasteiger partial charge in [0.1, 0.15) is 0 Å². The number of hydrogen-bond donors (Lipinski definition) is 1. The smallest absolute Gasteiger partial charge is 0.216 e. The van der Waals surface area contributed by atoms with Crippen LogP contribution in [0, 0.1) is 12.7 Å². The van der Waals surface area contributed by atoms with E-state index in [9.17, 15) is 12.8 Å². The number of nitrogens with one attached hydrogen (secondary N) is 1. The molecular formula is C16H18FNO3S. The Hall–Kier alpha value is -1.92. The highest BCUT2D eigenvalue weighted by Gasteiger charge is 2.12. The third kappa shape index (κ3) is 4.54. The Balaban J connectivity index is 2.02. The lowest BCUT2D eigenvalue weighted by atomic mass is 10.2. The lowest BCUT2D eigenvalue weighted by Crippen LogP contribution is -2.24. The third-order valence-corrected chi connectivity index (χ3v) is 4.45. The maximum Gasteiger partial charge on any atom is 0.216 e. The minimum atomic E-state index is -3.48. The van der Waals surface area contributed by atoms with E-state index in [0.717, 1.165) is 5.56 Å². The summed E-state index contributed by atoms with van der Waals surface area (Å²) in [6.07, 6.45) is 0. The fourth-order valence-corrected chi connectivity index (χ4v) is 3.19. The lowest BCUT2D eigenvalue weighted by Gasteiger charge is -2.09. The van der Waals surface area contributed by atoms with Gasteiger partial charge < -0.3 is 4.74 Å². The number of hydrogen-bond acceptors (Lipinski definition) is 3. The molecule has 2 rings (SSSR count). The summed E-state index contributed by atoms with van der Waals surface area (Å²) in [6, 6.07) is 11.7. The molecule has 0 bridgehead atoms. The number of rotatable bonds is 6. The van der Waals surface area contributed by atoms with Crippen molar-refractivity contribution in [1.82, 2.24) is 4.72 Å². The predicted molar refractivity (Wildman–Crippen MR) is 83.6 cm³/mol. The monoisotopic (exact) mass is 323 g/mol. The van der Waals surface area contributed by atoms with Crippen LogP contribution in [0.15, 0.2) is 42.5 Å². The molecule has 0 aliphatic carbocycles. The molecule has 0 aliphatic rings. The molecule has 4 nitrogen and oxygen atoms in total. The molecule has 0 unspecified atom stereocenters. The van der Waals surface area contributed by atoms with Crippen molar-refractivity contribution in [2.24, 2.45) is 0 Å². The van der Waals surface area contributed by atoms with Gasteiger partial charge in [-0.25, -0.2) is 17.5 Å². The minimum Gasteiger partial charge on any atom is -0.494 e. The van der Waals surface area contributed by atoms with Crippen LogP contribution in [0.2, 0.25) is 0 Å². The van der Waals surface area contributed by atoms with Crippen molar-refractivity contribution in [3.63, 3.8) is 0 Å². The fourth-order valence-electron chi connectivity index (χ4n) is 2.09. The van der Waals surface area contributed by atoms with Crippen LogP contribution in [0.1, 0.15) is 16.7 Å². The Morgan fingerprint density at radius 1 is 1.14 bits per heavy atom. The largest absolute Gasteiger partial charge is 0.494 e. The summed E-state index contributed by atoms with van der Waals surface area (Å²) in [7, 11) is -2.10. The molecule has 0 fully saturated rings. The van der Waals surface area contributed by atoms with E-state index in [-0.39, 0.29) is 18.0 Å². The first-order valence-corrected chi connectivity index (χ1v) is 8.40. The zero-order chi connectivity index (χ0) is 16.2. The number of benzene rings is 2. The maximum atomic E-state index is 13.6. The van der Waals surface area contributed by atoms with Crippen LogP contribution in [-0.4, -0.2) is 15.5 Å². The Morgan fingerprint density at radius 2 is 1.91 bits per heavy atom. The second-order valence-corrected chi connectivity index (χ2v) is 6.84. The molecule has 1 N–H and O–H groups in total. The zero-order valence-electron chi connectivity index (χ0n) is 12.5. The molecule has 6 heteroatoms. The van der Waals surface area contributed by atoms with Gasteiger partial charge in [0.25, 0.3) is 0 Å². The van der Waals surface area contributed by atoms with Gasteiger partial charge in [-0.1, -0.05) is 35.9 Å². The van der Waals surface area contributed by atoms with E-state index in [4.69, 9.17) is 4.74 Å². The van der Waals surface area contributed by atoms with Crippen LogP contribution in [0.25, 0.3) is 0 Å². The van der Waals surface area contributed by atoms with Crippen molar-refractivity contribution < 1.29 is 17.5 Å². The first-order valence-electron chi connectivity index (χ1n) is 6.75. The van der Waals surface area contributed by atoms with Gasteiger partial charge in [0.05, 0.1) is 12.9 Å². The van der Waals surface area contributed by atoms with Gasteiger partial charge in [0, 0.05) is 6.54 Å². The van der Waals surface area contributed by atoms with Gasteiger partial charge in [-0.2, -0.15) is 0 Å². The molecule has 2 aromatic carbocycles. The highest BCUT2D eigenvalue weighted by molar-refractivity contribution is 7.88. The highest BCUT2D eigenvalue weighted by Crippen LogP contribution is 2.17. The summed E-state index contributed by atoms with van der Waals surface area (Å²) in [6.45, 7) is 1.94. The van der Waals surface area contributed by atoms with Gasteiger partial charge in [0.2, 0.25) is 10.0 Å². The van der Waals surface area contributed by atoms with Crippen molar-refractivity contribution in [2.45, 2.75) is 19.2 Å². The number of halogens is 1. The molecule has 2 aromatic rings. The Kier molecular flexibility index (Phi) is 5.15. The number of methoxy groups -OCH3 is 1. The molecular weight excluding hydrogens is 305 g/mol. The Bertz CT molecular complexity index is 760. The van der Waals surface area contributed by atoms with Gasteiger partial charge in [-0.3, -0.25) is 0 Å². The Morgan fingerprint density at radius 3 is 2.55 bits per heavy atom. The van der Waals surface area contributed by atoms with E-state index in [1.165, 1.54) is 19.2 Å². The van der Waals surface area contributed by atoms with Crippen molar-refractivity contribution in [3.05, 3.63) is 65.0 Å². The quantitative estimate of drug-likeness (QED) is 0.889. The predicted octanol–water partition coefficient (Wildman–Crippen LogP) is 2.76. The average Bonchev–Trinajstić information content (AvgIpc) is 2.45. The molecule has 0 radical (unpaired) electrons. The topological polar surface area (TPSA) is 55.4 Å². The van der Waals surface area contributed by atoms with Gasteiger partial charge >= 0.3 is 0 Å². The van der Waals surface area contributed by atoms with Crippen LogP contribution in [0.4, 0.5) is 4.39 Å². The molecule has 0 aliphatic heterocycles. The summed E-state index contributed by atoms with van der Waals surface area (Å²) in [5.74, 6) is -0.489. The second kappa shape index (κ2) is 6.89. The SMILES string of the molecule is COc1ccc(CNS(=O)(=O)Cc2cccc(C)c2)cc1F. The van der Waals surface area contributed by atoms with E-state index < -0.39 is 15.8 Å². The van der Waals surface area contributed by atoms with Crippen LogP contribution in [-0.2, 0) is 22.3 Å². The summed E-state index contributed by atoms with van der Waals surface area (Å²) >= 11 is 0. The number of aryl methyl sites for hydroxylation is 1. The third-order valence-electron chi connectivity index (χ3n) is 3.15. The molecule has 0 saturated carbocycles. The molecule has 0 heterocycles. The van der Waals surface area contributed by atoms with Crippen molar-refractivity contribution >= 4 is 10.0 Å². The van der Waals surface area contributed by atoms with Crippen LogP contribution < -0.4 is 9.46 Å². The molecule has 0 aromatic heterocycles. The first kappa shape index (κ1) is 16.5. The molecule has 0 saturated heterocycles. The molecule has 0 amide bonds. The standard InChI is InChI=1S/C16H18FNO3S/c1-12-4-3-5-14(8-12)11-22(19,20)18-10-13-6-7-16(21-2)15(17)9-13/h3-9,18H,10-11H2,1-2H3. The van der Waals surface area contributed by atoms with E-state index in [2.05, 4.69) is 4.72 Å². The van der Waals surface area contributed by atoms with Crippen LogP contribution in [0.5, 0.6) is 5.75 Å². The second-order valence-electron chi connectivity index (χ2n) is 5.04. The molecule has 0 spiro atoms. The van der Waals surface area contributed by atoms with E-state index in [1.807, 2.05) is 25.1 Å². The summed E-state index contributed by atoms with van der Waals surface area (Å²) in [4.78, 5) is 0. The zero-order valence-corrected chi connectivity index (χ0v) is 13.3. The van der Waals surface area contributed by atoms with Crippen molar-refractivity contribution in [3.8, 4) is 5.75 Å². The lowest BCUT2D eigenvalue weighted by molar-refractivity contribution is 0.386. The van der Waals surface area contributed by atoms with E-state index >= 15 is 0 Å². The summed E-state index contributed by atoms with van der Waals surface area (Å²) in [5, 5.41) is 0. The average molecular weight is 323 g/mol. The summed E-state index contributed by atoms with van der Waals surface area (Å²) in [5.41, 5.74) is 2.25. The van der Waals surface area contributed by atoms with Crippen molar-refractivity contribution in [1.29, 1.82) is 0 Å². The van der Waals surface area contributed by atoms with Crippen molar-refractivity contribution in [2.75, 3.05) is 7.11 Å². The van der Waals surface area contributed by atoms with Gasteiger partial charge in [-0.15, -0.1) is 0 Å². The normalized spacial score (nSPS) is 11.4. The highest BCUT2D eigenvalue weighted by atomic mass is 32.2. The molecule has 22 heavy (non-hydrogen) atoms. The van der Waals surface area contributed by atoms with Gasteiger partial charge in [-0.05, 0) is 30.2 Å². The number of ether oxygens (including phenoxy) is 1. The molecule has 118 valence electrons. The molecule has 0 atom stereocenters. The van der Waals surface area contributed by atoms with Crippen LogP contribution >= 0.6 is 0 Å². The van der Waals surface area contributed by atoms with Crippen LogP contribution in [0.3, 0.4) is 0 Å². The Labute approximate surface area is 130 Å². The van der Waals surface area contributed by atoms with Gasteiger partial charge in [0.15, 0.2) is 11.6 Å². The summed E-state index contributed by atoms with van der Waals surface area (Å²) < 4.78 is 45.0. The fraction of sp³-hybridized carbons (Fsp3) is 0.250. The minimum absolute atomic E-state index is 0.0368.